The topological polar surface area (TPSA) is 71.5 Å². The van der Waals surface area contributed by atoms with Crippen molar-refractivity contribution in [2.24, 2.45) is 0 Å². The van der Waals surface area contributed by atoms with Crippen LogP contribution in [0.4, 0.5) is 24.5 Å². The molecule has 0 spiro atoms. The van der Waals surface area contributed by atoms with Crippen molar-refractivity contribution >= 4 is 28.2 Å². The number of aromatic nitrogens is 1. The van der Waals surface area contributed by atoms with Gasteiger partial charge in [0.05, 0.1) is 23.4 Å². The molecule has 8 heteroatoms. The number of pyridine rings is 1. The lowest BCUT2D eigenvalue weighted by Crippen LogP contribution is -2.11. The molecule has 0 saturated heterocycles. The molecule has 140 valence electrons. The Morgan fingerprint density at radius 2 is 1.96 bits per heavy atom. The van der Waals surface area contributed by atoms with Crippen LogP contribution < -0.4 is 5.32 Å². The SMILES string of the molecule is CCOC(=O)c1cnc2c(C(F)(F)F)cccc2c1Nc1cccc(O)c1. The number of ether oxygens (including phenoxy) is 1. The molecule has 2 N–H and O–H groups in total. The average molecular weight is 376 g/mol. The van der Waals surface area contributed by atoms with E-state index in [4.69, 9.17) is 4.74 Å². The number of benzene rings is 2. The van der Waals surface area contributed by atoms with Gasteiger partial charge < -0.3 is 15.2 Å². The van der Waals surface area contributed by atoms with Crippen molar-refractivity contribution in [1.29, 1.82) is 0 Å². The van der Waals surface area contributed by atoms with Crippen molar-refractivity contribution in [1.82, 2.24) is 4.98 Å². The first kappa shape index (κ1) is 18.5. The number of aromatic hydroxyl groups is 1. The number of esters is 1. The number of hydrogen-bond acceptors (Lipinski definition) is 5. The number of para-hydroxylation sites is 1. The van der Waals surface area contributed by atoms with E-state index in [0.29, 0.717) is 5.69 Å². The lowest BCUT2D eigenvalue weighted by molar-refractivity contribution is -0.136. The fourth-order valence-electron chi connectivity index (χ4n) is 2.68. The summed E-state index contributed by atoms with van der Waals surface area (Å²) in [6.45, 7) is 1.72. The van der Waals surface area contributed by atoms with Gasteiger partial charge in [0.1, 0.15) is 11.3 Å². The van der Waals surface area contributed by atoms with Crippen LogP contribution in [0, 0.1) is 0 Å². The molecule has 3 aromatic rings. The number of phenolic OH excluding ortho intramolecular Hbond substituents is 1. The van der Waals surface area contributed by atoms with Crippen LogP contribution in [0.1, 0.15) is 22.8 Å². The second-order valence-corrected chi connectivity index (χ2v) is 5.64. The molecule has 3 rings (SSSR count). The van der Waals surface area contributed by atoms with Crippen molar-refractivity contribution in [3.63, 3.8) is 0 Å². The summed E-state index contributed by atoms with van der Waals surface area (Å²) in [5.74, 6) is -0.751. The minimum atomic E-state index is -4.60. The molecular formula is C19H15F3N2O3. The fourth-order valence-corrected chi connectivity index (χ4v) is 2.68. The number of nitrogens with zero attached hydrogens (tertiary/aromatic N) is 1. The predicted octanol–water partition coefficient (Wildman–Crippen LogP) is 4.88. The number of anilines is 2. The minimum absolute atomic E-state index is 0.00739. The molecule has 1 aromatic heterocycles. The van der Waals surface area contributed by atoms with Crippen molar-refractivity contribution in [3.8, 4) is 5.75 Å². The van der Waals surface area contributed by atoms with E-state index in [-0.39, 0.29) is 34.5 Å². The van der Waals surface area contributed by atoms with E-state index in [0.717, 1.165) is 12.3 Å². The van der Waals surface area contributed by atoms with E-state index in [1.165, 1.54) is 24.3 Å². The minimum Gasteiger partial charge on any atom is -0.508 e. The Morgan fingerprint density at radius 3 is 2.63 bits per heavy atom. The zero-order valence-electron chi connectivity index (χ0n) is 14.2. The van der Waals surface area contributed by atoms with Crippen LogP contribution in [0.15, 0.2) is 48.7 Å². The zero-order chi connectivity index (χ0) is 19.6. The number of alkyl halides is 3. The quantitative estimate of drug-likeness (QED) is 0.635. The van der Waals surface area contributed by atoms with E-state index >= 15 is 0 Å². The molecule has 0 bridgehead atoms. The van der Waals surface area contributed by atoms with E-state index in [2.05, 4.69) is 10.3 Å². The number of halogens is 3. The van der Waals surface area contributed by atoms with Gasteiger partial charge in [0.15, 0.2) is 0 Å². The molecular weight excluding hydrogens is 361 g/mol. The van der Waals surface area contributed by atoms with Crippen LogP contribution in [0.5, 0.6) is 5.75 Å². The average Bonchev–Trinajstić information content (AvgIpc) is 2.61. The highest BCUT2D eigenvalue weighted by Gasteiger charge is 2.34. The summed E-state index contributed by atoms with van der Waals surface area (Å²) in [6, 6.07) is 9.61. The third kappa shape index (κ3) is 3.79. The smallest absolute Gasteiger partial charge is 0.418 e. The Bertz CT molecular complexity index is 1000. The largest absolute Gasteiger partial charge is 0.508 e. The molecule has 0 aliphatic heterocycles. The van der Waals surface area contributed by atoms with Gasteiger partial charge in [-0.3, -0.25) is 4.98 Å². The number of nitrogens with one attached hydrogen (secondary N) is 1. The van der Waals surface area contributed by atoms with Gasteiger partial charge in [0.2, 0.25) is 0 Å². The van der Waals surface area contributed by atoms with Crippen molar-refractivity contribution in [2.45, 2.75) is 13.1 Å². The van der Waals surface area contributed by atoms with Crippen molar-refractivity contribution in [3.05, 3.63) is 59.8 Å². The maximum absolute atomic E-state index is 13.3. The monoisotopic (exact) mass is 376 g/mol. The highest BCUT2D eigenvalue weighted by Crippen LogP contribution is 2.38. The fraction of sp³-hybridized carbons (Fsp3) is 0.158. The maximum atomic E-state index is 13.3. The molecule has 0 unspecified atom stereocenters. The van der Waals surface area contributed by atoms with Gasteiger partial charge in [-0.05, 0) is 25.1 Å². The molecule has 0 aliphatic rings. The maximum Gasteiger partial charge on any atom is 0.418 e. The van der Waals surface area contributed by atoms with Crippen LogP contribution >= 0.6 is 0 Å². The molecule has 0 amide bonds. The Labute approximate surface area is 152 Å². The highest BCUT2D eigenvalue weighted by molar-refractivity contribution is 6.06. The normalized spacial score (nSPS) is 11.4. The molecule has 0 atom stereocenters. The summed E-state index contributed by atoms with van der Waals surface area (Å²) in [5.41, 5.74) is -0.692. The number of carbonyl (C=O) groups excluding carboxylic acids is 1. The third-order valence-corrected chi connectivity index (χ3v) is 3.81. The van der Waals surface area contributed by atoms with E-state index in [9.17, 15) is 23.1 Å². The van der Waals surface area contributed by atoms with Crippen LogP contribution in [-0.2, 0) is 10.9 Å². The summed E-state index contributed by atoms with van der Waals surface area (Å²) in [7, 11) is 0. The lowest BCUT2D eigenvalue weighted by atomic mass is 10.0. The second-order valence-electron chi connectivity index (χ2n) is 5.64. The number of phenols is 1. The van der Waals surface area contributed by atoms with Crippen LogP contribution in [0.3, 0.4) is 0 Å². The van der Waals surface area contributed by atoms with Crippen LogP contribution in [-0.4, -0.2) is 22.7 Å². The molecule has 0 aliphatic carbocycles. The van der Waals surface area contributed by atoms with Crippen LogP contribution in [0.2, 0.25) is 0 Å². The summed E-state index contributed by atoms with van der Waals surface area (Å²) in [6.07, 6.45) is -3.54. The molecule has 5 nitrogen and oxygen atoms in total. The first-order valence-electron chi connectivity index (χ1n) is 8.03. The summed E-state index contributed by atoms with van der Waals surface area (Å²) >= 11 is 0. The molecule has 27 heavy (non-hydrogen) atoms. The zero-order valence-corrected chi connectivity index (χ0v) is 14.2. The summed E-state index contributed by atoms with van der Waals surface area (Å²) in [5, 5.41) is 12.6. The molecule has 0 fully saturated rings. The van der Waals surface area contributed by atoms with Gasteiger partial charge in [-0.1, -0.05) is 18.2 Å². The third-order valence-electron chi connectivity index (χ3n) is 3.81. The van der Waals surface area contributed by atoms with Crippen molar-refractivity contribution in [2.75, 3.05) is 11.9 Å². The van der Waals surface area contributed by atoms with Gasteiger partial charge in [0, 0.05) is 23.3 Å². The summed E-state index contributed by atoms with van der Waals surface area (Å²) < 4.78 is 45.0. The van der Waals surface area contributed by atoms with E-state index in [1.54, 1.807) is 19.1 Å². The number of hydrogen-bond donors (Lipinski definition) is 2. The Kier molecular flexibility index (Phi) is 4.89. The summed E-state index contributed by atoms with van der Waals surface area (Å²) in [4.78, 5) is 16.1. The highest BCUT2D eigenvalue weighted by atomic mass is 19.4. The number of rotatable bonds is 4. The molecule has 0 saturated carbocycles. The Morgan fingerprint density at radius 1 is 1.22 bits per heavy atom. The number of fused-ring (bicyclic) bond motifs is 1. The van der Waals surface area contributed by atoms with Gasteiger partial charge in [-0.25, -0.2) is 4.79 Å². The van der Waals surface area contributed by atoms with Crippen LogP contribution in [0.25, 0.3) is 10.9 Å². The second kappa shape index (κ2) is 7.14. The first-order chi connectivity index (χ1) is 12.8. The van der Waals surface area contributed by atoms with Crippen molar-refractivity contribution < 1.29 is 27.8 Å². The molecule has 1 heterocycles. The van der Waals surface area contributed by atoms with Gasteiger partial charge >= 0.3 is 12.1 Å². The van der Waals surface area contributed by atoms with Gasteiger partial charge in [0.25, 0.3) is 0 Å². The number of carbonyl (C=O) groups is 1. The predicted molar refractivity (Wildman–Crippen MR) is 94.1 cm³/mol. The Balaban J connectivity index is 2.24. The first-order valence-corrected chi connectivity index (χ1v) is 8.03. The van der Waals surface area contributed by atoms with Gasteiger partial charge in [-0.15, -0.1) is 0 Å². The van der Waals surface area contributed by atoms with Gasteiger partial charge in [-0.2, -0.15) is 13.2 Å². The molecule has 2 aromatic carbocycles. The standard InChI is InChI=1S/C19H15F3N2O3/c1-2-27-18(26)14-10-23-17-13(7-4-8-15(17)19(20,21)22)16(14)24-11-5-3-6-12(25)9-11/h3-10,25H,2H2,1H3,(H,23,24). The van der Waals surface area contributed by atoms with E-state index < -0.39 is 17.7 Å². The van der Waals surface area contributed by atoms with E-state index in [1.807, 2.05) is 0 Å². The molecule has 0 radical (unpaired) electrons. The Hall–Kier alpha value is -3.29. The lowest BCUT2D eigenvalue weighted by Gasteiger charge is -2.16.